The number of ether oxygens (including phenoxy) is 2. The van der Waals surface area contributed by atoms with Gasteiger partial charge in [-0.3, -0.25) is 14.5 Å². The van der Waals surface area contributed by atoms with E-state index in [1.807, 2.05) is 4.90 Å². The van der Waals surface area contributed by atoms with Gasteiger partial charge in [0, 0.05) is 56.6 Å². The van der Waals surface area contributed by atoms with Gasteiger partial charge in [-0.25, -0.2) is 0 Å². The van der Waals surface area contributed by atoms with E-state index in [9.17, 15) is 9.59 Å². The third kappa shape index (κ3) is 4.85. The number of hydrogen-bond donors (Lipinski definition) is 0. The standard InChI is InChI=1S/C23H29N3O4S/c1-29-18-5-6-21(30-2)20(15-18)26-16-17(14-22(26)27)23(28)25-11-9-24(10-12-25)8-7-19-4-3-13-31-19/h3-6,13,15,17H,7-12,14,16H2,1-2H3. The molecule has 2 amide bonds. The van der Waals surface area contributed by atoms with E-state index in [0.717, 1.165) is 39.1 Å². The second-order valence-corrected chi connectivity index (χ2v) is 8.97. The van der Waals surface area contributed by atoms with Gasteiger partial charge in [0.2, 0.25) is 11.8 Å². The monoisotopic (exact) mass is 443 g/mol. The van der Waals surface area contributed by atoms with Gasteiger partial charge in [0.1, 0.15) is 11.5 Å². The highest BCUT2D eigenvalue weighted by molar-refractivity contribution is 7.09. The SMILES string of the molecule is COc1ccc(OC)c(N2CC(C(=O)N3CCN(CCc4cccs4)CC3)CC2=O)c1. The Kier molecular flexibility index (Phi) is 6.77. The van der Waals surface area contributed by atoms with Crippen LogP contribution >= 0.6 is 11.3 Å². The summed E-state index contributed by atoms with van der Waals surface area (Å²) in [5, 5.41) is 2.11. The zero-order chi connectivity index (χ0) is 21.8. The van der Waals surface area contributed by atoms with Gasteiger partial charge < -0.3 is 19.3 Å². The summed E-state index contributed by atoms with van der Waals surface area (Å²) in [4.78, 5) is 33.3. The van der Waals surface area contributed by atoms with Crippen LogP contribution in [0.25, 0.3) is 0 Å². The Morgan fingerprint density at radius 1 is 1.13 bits per heavy atom. The lowest BCUT2D eigenvalue weighted by Crippen LogP contribution is -2.50. The number of anilines is 1. The molecule has 2 aliphatic rings. The second-order valence-electron chi connectivity index (χ2n) is 7.94. The quantitative estimate of drug-likeness (QED) is 0.658. The van der Waals surface area contributed by atoms with Crippen molar-refractivity contribution < 1.29 is 19.1 Å². The van der Waals surface area contributed by atoms with Crippen LogP contribution in [-0.2, 0) is 16.0 Å². The van der Waals surface area contributed by atoms with E-state index in [4.69, 9.17) is 9.47 Å². The molecule has 0 bridgehead atoms. The summed E-state index contributed by atoms with van der Waals surface area (Å²) in [5.41, 5.74) is 0.653. The smallest absolute Gasteiger partial charge is 0.228 e. The number of rotatable bonds is 7. The first-order valence-corrected chi connectivity index (χ1v) is 11.5. The number of carbonyl (C=O) groups excluding carboxylic acids is 2. The largest absolute Gasteiger partial charge is 0.497 e. The molecule has 0 aliphatic carbocycles. The van der Waals surface area contributed by atoms with Crippen LogP contribution in [0.2, 0.25) is 0 Å². The third-order valence-corrected chi connectivity index (χ3v) is 7.03. The van der Waals surface area contributed by atoms with Crippen LogP contribution in [0.5, 0.6) is 11.5 Å². The van der Waals surface area contributed by atoms with Crippen LogP contribution < -0.4 is 14.4 Å². The Morgan fingerprint density at radius 3 is 2.61 bits per heavy atom. The summed E-state index contributed by atoms with van der Waals surface area (Å²) in [6.07, 6.45) is 1.29. The number of piperazine rings is 1. The molecule has 1 aromatic carbocycles. The minimum Gasteiger partial charge on any atom is -0.497 e. The molecular formula is C23H29N3O4S. The molecule has 8 heteroatoms. The van der Waals surface area contributed by atoms with Gasteiger partial charge in [0.25, 0.3) is 0 Å². The molecule has 4 rings (SSSR count). The van der Waals surface area contributed by atoms with Gasteiger partial charge in [-0.15, -0.1) is 11.3 Å². The zero-order valence-electron chi connectivity index (χ0n) is 18.1. The molecule has 2 aromatic rings. The topological polar surface area (TPSA) is 62.3 Å². The molecule has 0 N–H and O–H groups in total. The second kappa shape index (κ2) is 9.70. The van der Waals surface area contributed by atoms with Gasteiger partial charge in [0.05, 0.1) is 25.8 Å². The average molecular weight is 444 g/mol. The summed E-state index contributed by atoms with van der Waals surface area (Å²) >= 11 is 1.79. The Morgan fingerprint density at radius 2 is 1.94 bits per heavy atom. The average Bonchev–Trinajstić information content (AvgIpc) is 3.46. The Balaban J connectivity index is 1.34. The van der Waals surface area contributed by atoms with Crippen LogP contribution in [-0.4, -0.2) is 75.1 Å². The predicted octanol–water partition coefficient (Wildman–Crippen LogP) is 2.51. The van der Waals surface area contributed by atoms with Gasteiger partial charge in [-0.2, -0.15) is 0 Å². The highest BCUT2D eigenvalue weighted by Crippen LogP contribution is 2.36. The summed E-state index contributed by atoms with van der Waals surface area (Å²) in [5.74, 6) is 0.954. The summed E-state index contributed by atoms with van der Waals surface area (Å²) < 4.78 is 10.7. The molecule has 1 unspecified atom stereocenters. The van der Waals surface area contributed by atoms with Crippen LogP contribution in [0.4, 0.5) is 5.69 Å². The van der Waals surface area contributed by atoms with Crippen molar-refractivity contribution in [3.8, 4) is 11.5 Å². The molecule has 0 spiro atoms. The van der Waals surface area contributed by atoms with E-state index >= 15 is 0 Å². The lowest BCUT2D eigenvalue weighted by atomic mass is 10.1. The van der Waals surface area contributed by atoms with E-state index in [2.05, 4.69) is 22.4 Å². The van der Waals surface area contributed by atoms with E-state index < -0.39 is 0 Å². The molecular weight excluding hydrogens is 414 g/mol. The zero-order valence-corrected chi connectivity index (χ0v) is 18.9. The minimum absolute atomic E-state index is 0.0560. The van der Waals surface area contributed by atoms with Gasteiger partial charge in [-0.05, 0) is 30.0 Å². The Labute approximate surface area is 187 Å². The molecule has 7 nitrogen and oxygen atoms in total. The fourth-order valence-corrected chi connectivity index (χ4v) is 4.98. The van der Waals surface area contributed by atoms with Crippen LogP contribution in [0.15, 0.2) is 35.7 Å². The van der Waals surface area contributed by atoms with Gasteiger partial charge in [-0.1, -0.05) is 6.07 Å². The van der Waals surface area contributed by atoms with Crippen molar-refractivity contribution >= 4 is 28.8 Å². The number of amides is 2. The number of methoxy groups -OCH3 is 2. The Bertz CT molecular complexity index is 910. The van der Waals surface area contributed by atoms with Crippen molar-refractivity contribution in [3.05, 3.63) is 40.6 Å². The maximum atomic E-state index is 13.1. The van der Waals surface area contributed by atoms with Crippen LogP contribution in [0, 0.1) is 5.92 Å². The third-order valence-electron chi connectivity index (χ3n) is 6.09. The maximum Gasteiger partial charge on any atom is 0.228 e. The van der Waals surface area contributed by atoms with E-state index in [1.54, 1.807) is 48.7 Å². The molecule has 166 valence electrons. The normalized spacial score (nSPS) is 19.7. The summed E-state index contributed by atoms with van der Waals surface area (Å²) in [7, 11) is 3.16. The number of benzene rings is 1. The molecule has 2 fully saturated rings. The molecule has 3 heterocycles. The van der Waals surface area contributed by atoms with E-state index in [0.29, 0.717) is 23.7 Å². The Hall–Kier alpha value is -2.58. The fourth-order valence-electron chi connectivity index (χ4n) is 4.29. The highest BCUT2D eigenvalue weighted by atomic mass is 32.1. The first-order chi connectivity index (χ1) is 15.1. The maximum absolute atomic E-state index is 13.1. The molecule has 0 radical (unpaired) electrons. The van der Waals surface area contributed by atoms with Crippen molar-refractivity contribution in [3.63, 3.8) is 0 Å². The van der Waals surface area contributed by atoms with Crippen molar-refractivity contribution in [2.45, 2.75) is 12.8 Å². The first-order valence-electron chi connectivity index (χ1n) is 10.6. The van der Waals surface area contributed by atoms with Crippen molar-refractivity contribution in [1.82, 2.24) is 9.80 Å². The van der Waals surface area contributed by atoms with Crippen LogP contribution in [0.3, 0.4) is 0 Å². The van der Waals surface area contributed by atoms with Crippen molar-refractivity contribution in [2.75, 3.05) is 58.4 Å². The van der Waals surface area contributed by atoms with Gasteiger partial charge in [0.15, 0.2) is 0 Å². The number of hydrogen-bond acceptors (Lipinski definition) is 6. The predicted molar refractivity (Wildman–Crippen MR) is 121 cm³/mol. The van der Waals surface area contributed by atoms with Gasteiger partial charge >= 0.3 is 0 Å². The molecule has 31 heavy (non-hydrogen) atoms. The van der Waals surface area contributed by atoms with E-state index in [-0.39, 0.29) is 24.2 Å². The highest BCUT2D eigenvalue weighted by Gasteiger charge is 2.39. The number of carbonyl (C=O) groups is 2. The van der Waals surface area contributed by atoms with Crippen LogP contribution in [0.1, 0.15) is 11.3 Å². The molecule has 0 saturated carbocycles. The first kappa shape index (κ1) is 21.6. The van der Waals surface area contributed by atoms with Crippen molar-refractivity contribution in [1.29, 1.82) is 0 Å². The molecule has 1 aromatic heterocycles. The fraction of sp³-hybridized carbons (Fsp3) is 0.478. The lowest BCUT2D eigenvalue weighted by molar-refractivity contribution is -0.137. The lowest BCUT2D eigenvalue weighted by Gasteiger charge is -2.35. The number of nitrogens with zero attached hydrogens (tertiary/aromatic N) is 3. The summed E-state index contributed by atoms with van der Waals surface area (Å²) in [6.45, 7) is 4.59. The van der Waals surface area contributed by atoms with Crippen molar-refractivity contribution in [2.24, 2.45) is 5.92 Å². The minimum atomic E-state index is -0.318. The molecule has 2 aliphatic heterocycles. The molecule has 1 atom stereocenters. The van der Waals surface area contributed by atoms with E-state index in [1.165, 1.54) is 4.88 Å². The number of thiophene rings is 1. The summed E-state index contributed by atoms with van der Waals surface area (Å²) in [6, 6.07) is 9.62. The molecule has 2 saturated heterocycles.